The van der Waals surface area contributed by atoms with Gasteiger partial charge in [0.05, 0.1) is 0 Å². The molecule has 0 atom stereocenters. The van der Waals surface area contributed by atoms with E-state index in [2.05, 4.69) is 26.0 Å². The Morgan fingerprint density at radius 1 is 1.39 bits per heavy atom. The summed E-state index contributed by atoms with van der Waals surface area (Å²) in [6.07, 6.45) is 1.12. The molecule has 18 heavy (non-hydrogen) atoms. The molecule has 1 amide bonds. The first-order valence-electron chi connectivity index (χ1n) is 6.59. The largest absolute Gasteiger partial charge is 0.483 e. The Kier molecular flexibility index (Phi) is 3.90. The fraction of sp³-hybridized carbons (Fsp3) is 0.533. The number of carbonyl (C=O) groups excluding carboxylic acids is 1. The van der Waals surface area contributed by atoms with E-state index >= 15 is 0 Å². The number of nitrogens with zero attached hydrogens (tertiary/aromatic N) is 1. The van der Waals surface area contributed by atoms with Crippen molar-refractivity contribution in [2.45, 2.75) is 33.1 Å². The highest BCUT2D eigenvalue weighted by molar-refractivity contribution is 5.78. The Morgan fingerprint density at radius 2 is 2.11 bits per heavy atom. The van der Waals surface area contributed by atoms with Gasteiger partial charge in [0.1, 0.15) is 5.75 Å². The number of rotatable bonds is 4. The van der Waals surface area contributed by atoms with Crippen molar-refractivity contribution >= 4 is 5.91 Å². The van der Waals surface area contributed by atoms with Crippen LogP contribution in [-0.4, -0.2) is 30.5 Å². The van der Waals surface area contributed by atoms with Crippen molar-refractivity contribution in [1.29, 1.82) is 0 Å². The van der Waals surface area contributed by atoms with Crippen LogP contribution in [0.25, 0.3) is 0 Å². The van der Waals surface area contributed by atoms with E-state index in [4.69, 9.17) is 4.74 Å². The lowest BCUT2D eigenvalue weighted by Crippen LogP contribution is -2.44. The highest BCUT2D eigenvalue weighted by atomic mass is 16.5. The summed E-state index contributed by atoms with van der Waals surface area (Å²) in [5, 5.41) is 0. The minimum absolute atomic E-state index is 0.0931. The quantitative estimate of drug-likeness (QED) is 0.818. The molecule has 0 aliphatic carbocycles. The third kappa shape index (κ3) is 2.84. The van der Waals surface area contributed by atoms with Gasteiger partial charge in [0.15, 0.2) is 6.61 Å². The van der Waals surface area contributed by atoms with E-state index in [0.29, 0.717) is 5.92 Å². The van der Waals surface area contributed by atoms with Crippen LogP contribution in [0.4, 0.5) is 0 Å². The first-order valence-corrected chi connectivity index (χ1v) is 6.59. The van der Waals surface area contributed by atoms with E-state index in [0.717, 1.165) is 30.8 Å². The zero-order chi connectivity index (χ0) is 13.1. The third-order valence-electron chi connectivity index (χ3n) is 3.44. The minimum atomic E-state index is 0.0931. The number of hydrogen-bond donors (Lipinski definition) is 0. The van der Waals surface area contributed by atoms with Crippen LogP contribution in [0.1, 0.15) is 37.3 Å². The van der Waals surface area contributed by atoms with Crippen LogP contribution in [0.5, 0.6) is 5.75 Å². The SMILES string of the molecule is Cc1ccc(C(C)C)cc1OCC(=O)N1CCC1. The Balaban J connectivity index is 1.99. The summed E-state index contributed by atoms with van der Waals surface area (Å²) in [5.74, 6) is 1.39. The monoisotopic (exact) mass is 247 g/mol. The van der Waals surface area contributed by atoms with Crippen LogP contribution in [0, 0.1) is 6.92 Å². The number of hydrogen-bond acceptors (Lipinski definition) is 2. The fourth-order valence-corrected chi connectivity index (χ4v) is 1.93. The van der Waals surface area contributed by atoms with Gasteiger partial charge in [0.2, 0.25) is 0 Å². The minimum Gasteiger partial charge on any atom is -0.483 e. The van der Waals surface area contributed by atoms with E-state index < -0.39 is 0 Å². The third-order valence-corrected chi connectivity index (χ3v) is 3.44. The van der Waals surface area contributed by atoms with E-state index in [1.807, 2.05) is 17.9 Å². The molecule has 0 aromatic heterocycles. The average Bonchev–Trinajstić information content (AvgIpc) is 2.25. The molecule has 1 aromatic rings. The Morgan fingerprint density at radius 3 is 2.67 bits per heavy atom. The number of likely N-dealkylation sites (tertiary alicyclic amines) is 1. The predicted octanol–water partition coefficient (Wildman–Crippen LogP) is 2.73. The molecule has 3 nitrogen and oxygen atoms in total. The first-order chi connectivity index (χ1) is 8.58. The van der Waals surface area contributed by atoms with Crippen LogP contribution < -0.4 is 4.74 Å². The molecular weight excluding hydrogens is 226 g/mol. The second kappa shape index (κ2) is 5.42. The average molecular weight is 247 g/mol. The van der Waals surface area contributed by atoms with Gasteiger partial charge in [-0.2, -0.15) is 0 Å². The highest BCUT2D eigenvalue weighted by Crippen LogP contribution is 2.24. The molecule has 0 spiro atoms. The molecule has 2 rings (SSSR count). The molecule has 0 bridgehead atoms. The van der Waals surface area contributed by atoms with Gasteiger partial charge in [-0.25, -0.2) is 0 Å². The first kappa shape index (κ1) is 12.9. The molecule has 0 saturated carbocycles. The molecule has 1 aliphatic rings. The summed E-state index contributed by atoms with van der Waals surface area (Å²) in [6.45, 7) is 8.23. The standard InChI is InChI=1S/C15H21NO2/c1-11(2)13-6-5-12(3)14(9-13)18-10-15(17)16-7-4-8-16/h5-6,9,11H,4,7-8,10H2,1-3H3. The van der Waals surface area contributed by atoms with Crippen molar-refractivity contribution in [3.8, 4) is 5.75 Å². The Bertz CT molecular complexity index is 436. The van der Waals surface area contributed by atoms with Crippen LogP contribution in [0.2, 0.25) is 0 Å². The van der Waals surface area contributed by atoms with Gasteiger partial charge in [-0.1, -0.05) is 26.0 Å². The topological polar surface area (TPSA) is 29.5 Å². The van der Waals surface area contributed by atoms with Gasteiger partial charge in [-0.3, -0.25) is 4.79 Å². The molecule has 1 fully saturated rings. The van der Waals surface area contributed by atoms with Gasteiger partial charge in [0, 0.05) is 13.1 Å². The van der Waals surface area contributed by atoms with Gasteiger partial charge in [-0.05, 0) is 36.5 Å². The van der Waals surface area contributed by atoms with Gasteiger partial charge >= 0.3 is 0 Å². The van der Waals surface area contributed by atoms with Crippen molar-refractivity contribution in [2.24, 2.45) is 0 Å². The molecule has 3 heteroatoms. The lowest BCUT2D eigenvalue weighted by Gasteiger charge is -2.30. The molecule has 0 radical (unpaired) electrons. The lowest BCUT2D eigenvalue weighted by atomic mass is 10.0. The van der Waals surface area contributed by atoms with Gasteiger partial charge in [0.25, 0.3) is 5.91 Å². The molecule has 0 N–H and O–H groups in total. The number of ether oxygens (including phenoxy) is 1. The van der Waals surface area contributed by atoms with E-state index in [1.165, 1.54) is 5.56 Å². The molecule has 1 aliphatic heterocycles. The maximum absolute atomic E-state index is 11.7. The zero-order valence-corrected chi connectivity index (χ0v) is 11.4. The summed E-state index contributed by atoms with van der Waals surface area (Å²) < 4.78 is 5.66. The van der Waals surface area contributed by atoms with Crippen molar-refractivity contribution in [3.63, 3.8) is 0 Å². The van der Waals surface area contributed by atoms with Crippen molar-refractivity contribution in [3.05, 3.63) is 29.3 Å². The van der Waals surface area contributed by atoms with Crippen molar-refractivity contribution in [1.82, 2.24) is 4.90 Å². The molecule has 1 aromatic carbocycles. The summed E-state index contributed by atoms with van der Waals surface area (Å²) in [6, 6.07) is 6.21. The fourth-order valence-electron chi connectivity index (χ4n) is 1.93. The molecule has 1 saturated heterocycles. The van der Waals surface area contributed by atoms with Crippen LogP contribution in [-0.2, 0) is 4.79 Å². The second-order valence-electron chi connectivity index (χ2n) is 5.20. The maximum atomic E-state index is 11.7. The zero-order valence-electron chi connectivity index (χ0n) is 11.4. The Hall–Kier alpha value is -1.51. The summed E-state index contributed by atoms with van der Waals surface area (Å²) >= 11 is 0. The molecular formula is C15H21NO2. The molecule has 1 heterocycles. The van der Waals surface area contributed by atoms with E-state index in [-0.39, 0.29) is 12.5 Å². The van der Waals surface area contributed by atoms with Gasteiger partial charge in [-0.15, -0.1) is 0 Å². The number of benzene rings is 1. The summed E-state index contributed by atoms with van der Waals surface area (Å²) in [4.78, 5) is 13.6. The smallest absolute Gasteiger partial charge is 0.260 e. The summed E-state index contributed by atoms with van der Waals surface area (Å²) in [5.41, 5.74) is 2.32. The normalized spacial score (nSPS) is 14.6. The van der Waals surface area contributed by atoms with Crippen LogP contribution >= 0.6 is 0 Å². The summed E-state index contributed by atoms with van der Waals surface area (Å²) in [7, 11) is 0. The van der Waals surface area contributed by atoms with Crippen LogP contribution in [0.3, 0.4) is 0 Å². The number of carbonyl (C=O) groups is 1. The van der Waals surface area contributed by atoms with Crippen molar-refractivity contribution in [2.75, 3.05) is 19.7 Å². The van der Waals surface area contributed by atoms with E-state index in [9.17, 15) is 4.79 Å². The van der Waals surface area contributed by atoms with Crippen molar-refractivity contribution < 1.29 is 9.53 Å². The molecule has 0 unspecified atom stereocenters. The van der Waals surface area contributed by atoms with Crippen LogP contribution in [0.15, 0.2) is 18.2 Å². The highest BCUT2D eigenvalue weighted by Gasteiger charge is 2.20. The molecule has 98 valence electrons. The van der Waals surface area contributed by atoms with Gasteiger partial charge < -0.3 is 9.64 Å². The number of aryl methyl sites for hydroxylation is 1. The Labute approximate surface area is 109 Å². The second-order valence-corrected chi connectivity index (χ2v) is 5.20. The lowest BCUT2D eigenvalue weighted by molar-refractivity contribution is -0.136. The van der Waals surface area contributed by atoms with E-state index in [1.54, 1.807) is 0 Å². The predicted molar refractivity (Wildman–Crippen MR) is 72.0 cm³/mol. The maximum Gasteiger partial charge on any atom is 0.260 e. The number of amides is 1.